The number of hydrogen-bond acceptors (Lipinski definition) is 1. The Kier molecular flexibility index (Phi) is 8.62. The molecule has 0 radical (unpaired) electrons. The normalized spacial score (nSPS) is 12.6. The molecule has 0 rings (SSSR count). The highest BCUT2D eigenvalue weighted by Gasteiger charge is 2.26. The van der Waals surface area contributed by atoms with Crippen molar-refractivity contribution < 1.29 is 13.2 Å². The molecule has 0 spiro atoms. The van der Waals surface area contributed by atoms with Gasteiger partial charge in [0.05, 0.1) is 6.42 Å². The van der Waals surface area contributed by atoms with Crippen LogP contribution in [0.1, 0.15) is 39.5 Å². The zero-order valence-corrected chi connectivity index (χ0v) is 10.5. The number of aliphatic imine (C=N–C) groups is 1. The number of rotatable bonds is 7. The van der Waals surface area contributed by atoms with Gasteiger partial charge in [0.15, 0.2) is 5.96 Å². The van der Waals surface area contributed by atoms with E-state index in [4.69, 9.17) is 0 Å². The van der Waals surface area contributed by atoms with E-state index in [1.807, 2.05) is 6.92 Å². The number of nitrogens with zero attached hydrogens (tertiary/aromatic N) is 1. The first-order valence-electron chi connectivity index (χ1n) is 6.08. The SMILES string of the molecule is CCCCCN=C(NCC)NCCC(F)(F)F. The van der Waals surface area contributed by atoms with Crippen LogP contribution in [0.3, 0.4) is 0 Å². The maximum Gasteiger partial charge on any atom is 0.390 e. The van der Waals surface area contributed by atoms with Crippen LogP contribution in [0.25, 0.3) is 0 Å². The van der Waals surface area contributed by atoms with Crippen molar-refractivity contribution in [3.8, 4) is 0 Å². The zero-order valence-electron chi connectivity index (χ0n) is 10.5. The van der Waals surface area contributed by atoms with Gasteiger partial charge < -0.3 is 10.6 Å². The molecule has 0 atom stereocenters. The lowest BCUT2D eigenvalue weighted by Gasteiger charge is -2.12. The second kappa shape index (κ2) is 9.13. The molecule has 0 aromatic heterocycles. The van der Waals surface area contributed by atoms with Crippen molar-refractivity contribution in [1.29, 1.82) is 0 Å². The summed E-state index contributed by atoms with van der Waals surface area (Å²) >= 11 is 0. The van der Waals surface area contributed by atoms with Crippen LogP contribution in [-0.2, 0) is 0 Å². The third-order valence-corrected chi connectivity index (χ3v) is 2.08. The van der Waals surface area contributed by atoms with Gasteiger partial charge in [-0.3, -0.25) is 4.99 Å². The Morgan fingerprint density at radius 1 is 1.12 bits per heavy atom. The van der Waals surface area contributed by atoms with Gasteiger partial charge in [-0.1, -0.05) is 19.8 Å². The van der Waals surface area contributed by atoms with Crippen molar-refractivity contribution >= 4 is 5.96 Å². The second-order valence-corrected chi connectivity index (χ2v) is 3.76. The minimum Gasteiger partial charge on any atom is -0.357 e. The first-order chi connectivity index (χ1) is 7.99. The van der Waals surface area contributed by atoms with Gasteiger partial charge in [0.2, 0.25) is 0 Å². The van der Waals surface area contributed by atoms with Crippen LogP contribution >= 0.6 is 0 Å². The van der Waals surface area contributed by atoms with E-state index in [1.165, 1.54) is 0 Å². The molecule has 3 nitrogen and oxygen atoms in total. The Morgan fingerprint density at radius 2 is 1.82 bits per heavy atom. The van der Waals surface area contributed by atoms with E-state index in [0.29, 0.717) is 19.0 Å². The van der Waals surface area contributed by atoms with Crippen molar-refractivity contribution in [3.05, 3.63) is 0 Å². The third-order valence-electron chi connectivity index (χ3n) is 2.08. The van der Waals surface area contributed by atoms with Crippen LogP contribution in [0, 0.1) is 0 Å². The van der Waals surface area contributed by atoms with E-state index in [1.54, 1.807) is 0 Å². The number of hydrogen-bond donors (Lipinski definition) is 2. The van der Waals surface area contributed by atoms with E-state index in [-0.39, 0.29) is 6.54 Å². The number of alkyl halides is 3. The quantitative estimate of drug-likeness (QED) is 0.416. The Morgan fingerprint density at radius 3 is 2.35 bits per heavy atom. The van der Waals surface area contributed by atoms with E-state index in [2.05, 4.69) is 22.5 Å². The molecule has 0 unspecified atom stereocenters. The molecule has 0 aliphatic carbocycles. The molecule has 0 bridgehead atoms. The average molecular weight is 253 g/mol. The molecule has 0 aromatic carbocycles. The van der Waals surface area contributed by atoms with Gasteiger partial charge in [0, 0.05) is 19.6 Å². The lowest BCUT2D eigenvalue weighted by atomic mass is 10.2. The first kappa shape index (κ1) is 16.1. The van der Waals surface area contributed by atoms with Gasteiger partial charge >= 0.3 is 6.18 Å². The van der Waals surface area contributed by atoms with E-state index >= 15 is 0 Å². The van der Waals surface area contributed by atoms with Gasteiger partial charge in [-0.05, 0) is 13.3 Å². The standard InChI is InChI=1S/C11H22F3N3/c1-3-5-6-8-16-10(15-4-2)17-9-7-11(12,13)14/h3-9H2,1-2H3,(H2,15,16,17). The summed E-state index contributed by atoms with van der Waals surface area (Å²) < 4.78 is 35.8. The number of unbranched alkanes of at least 4 members (excludes halogenated alkanes) is 2. The van der Waals surface area contributed by atoms with E-state index in [0.717, 1.165) is 19.3 Å². The van der Waals surface area contributed by atoms with Crippen LogP contribution in [-0.4, -0.2) is 31.8 Å². The molecule has 0 saturated carbocycles. The number of guanidine groups is 1. The molecule has 2 N–H and O–H groups in total. The number of halogens is 3. The molecule has 0 aliphatic heterocycles. The van der Waals surface area contributed by atoms with Crippen molar-refractivity contribution in [1.82, 2.24) is 10.6 Å². The third kappa shape index (κ3) is 11.3. The molecule has 0 aliphatic rings. The van der Waals surface area contributed by atoms with Crippen molar-refractivity contribution in [2.45, 2.75) is 45.7 Å². The van der Waals surface area contributed by atoms with Crippen LogP contribution in [0.15, 0.2) is 4.99 Å². The minimum atomic E-state index is -4.12. The van der Waals surface area contributed by atoms with E-state index < -0.39 is 12.6 Å². The van der Waals surface area contributed by atoms with Crippen LogP contribution in [0.5, 0.6) is 0 Å². The van der Waals surface area contributed by atoms with Crippen LogP contribution < -0.4 is 10.6 Å². The average Bonchev–Trinajstić information content (AvgIpc) is 2.22. The second-order valence-electron chi connectivity index (χ2n) is 3.76. The fourth-order valence-electron chi connectivity index (χ4n) is 1.22. The minimum absolute atomic E-state index is 0.136. The summed E-state index contributed by atoms with van der Waals surface area (Å²) in [6.45, 7) is 5.13. The molecular formula is C11H22F3N3. The van der Waals surface area contributed by atoms with Crippen LogP contribution in [0.2, 0.25) is 0 Å². The molecule has 102 valence electrons. The summed E-state index contributed by atoms with van der Waals surface area (Å²) in [6, 6.07) is 0. The molecule has 0 heterocycles. The summed E-state index contributed by atoms with van der Waals surface area (Å²) in [5.74, 6) is 0.466. The zero-order chi connectivity index (χ0) is 13.1. The summed E-state index contributed by atoms with van der Waals surface area (Å²) in [4.78, 5) is 4.20. The largest absolute Gasteiger partial charge is 0.390 e. The molecule has 0 saturated heterocycles. The summed E-state index contributed by atoms with van der Waals surface area (Å²) in [5.41, 5.74) is 0. The number of nitrogens with one attached hydrogen (secondary N) is 2. The predicted molar refractivity (Wildman–Crippen MR) is 64.2 cm³/mol. The molecular weight excluding hydrogens is 231 g/mol. The van der Waals surface area contributed by atoms with Gasteiger partial charge in [0.25, 0.3) is 0 Å². The van der Waals surface area contributed by atoms with Crippen molar-refractivity contribution in [2.75, 3.05) is 19.6 Å². The smallest absolute Gasteiger partial charge is 0.357 e. The van der Waals surface area contributed by atoms with Crippen molar-refractivity contribution in [2.24, 2.45) is 4.99 Å². The molecule has 0 fully saturated rings. The highest BCUT2D eigenvalue weighted by Crippen LogP contribution is 2.17. The predicted octanol–water partition coefficient (Wildman–Crippen LogP) is 2.68. The van der Waals surface area contributed by atoms with Gasteiger partial charge in [-0.2, -0.15) is 13.2 Å². The van der Waals surface area contributed by atoms with Gasteiger partial charge in [-0.25, -0.2) is 0 Å². The Balaban J connectivity index is 3.88. The highest BCUT2D eigenvalue weighted by atomic mass is 19.4. The Bertz CT molecular complexity index is 214. The topological polar surface area (TPSA) is 36.4 Å². The van der Waals surface area contributed by atoms with Gasteiger partial charge in [-0.15, -0.1) is 0 Å². The van der Waals surface area contributed by atoms with Crippen molar-refractivity contribution in [3.63, 3.8) is 0 Å². The molecule has 6 heteroatoms. The molecule has 0 amide bonds. The lowest BCUT2D eigenvalue weighted by molar-refractivity contribution is -0.132. The molecule has 17 heavy (non-hydrogen) atoms. The fraction of sp³-hybridized carbons (Fsp3) is 0.909. The first-order valence-corrected chi connectivity index (χ1v) is 6.08. The monoisotopic (exact) mass is 253 g/mol. The summed E-state index contributed by atoms with van der Waals surface area (Å²) in [7, 11) is 0. The molecule has 0 aromatic rings. The van der Waals surface area contributed by atoms with Crippen LogP contribution in [0.4, 0.5) is 13.2 Å². The Hall–Kier alpha value is -0.940. The summed E-state index contributed by atoms with van der Waals surface area (Å²) in [6.07, 6.45) is -1.80. The Labute approximate surface area is 101 Å². The fourth-order valence-corrected chi connectivity index (χ4v) is 1.22. The lowest BCUT2D eigenvalue weighted by Crippen LogP contribution is -2.39. The maximum absolute atomic E-state index is 11.9. The van der Waals surface area contributed by atoms with E-state index in [9.17, 15) is 13.2 Å². The van der Waals surface area contributed by atoms with Gasteiger partial charge in [0.1, 0.15) is 0 Å². The maximum atomic E-state index is 11.9. The highest BCUT2D eigenvalue weighted by molar-refractivity contribution is 5.79. The summed E-state index contributed by atoms with van der Waals surface area (Å²) in [5, 5.41) is 5.59.